The molecule has 2 aromatic carbocycles. The van der Waals surface area contributed by atoms with E-state index in [2.05, 4.69) is 5.32 Å². The van der Waals surface area contributed by atoms with Crippen LogP contribution in [0.15, 0.2) is 56.6 Å². The molecule has 3 aromatic rings. The van der Waals surface area contributed by atoms with Crippen LogP contribution in [0.1, 0.15) is 12.5 Å². The fraction of sp³-hybridized carbons (Fsp3) is 0.304. The maximum Gasteiger partial charge on any atom is 0.411 e. The molecule has 9 nitrogen and oxygen atoms in total. The number of fused-ring (bicyclic) bond motifs is 1. The molecule has 35 heavy (non-hydrogen) atoms. The van der Waals surface area contributed by atoms with Crippen LogP contribution < -0.4 is 15.8 Å². The van der Waals surface area contributed by atoms with Crippen LogP contribution in [0.25, 0.3) is 11.0 Å². The number of nitrogens with one attached hydrogen (secondary N) is 2. The molecule has 1 saturated heterocycles. The van der Waals surface area contributed by atoms with Gasteiger partial charge in [-0.15, -0.1) is 0 Å². The maximum absolute atomic E-state index is 13.1. The van der Waals surface area contributed by atoms with E-state index in [0.29, 0.717) is 49.0 Å². The minimum Gasteiger partial charge on any atom is -0.450 e. The van der Waals surface area contributed by atoms with E-state index < -0.39 is 21.7 Å². The van der Waals surface area contributed by atoms with Gasteiger partial charge in [-0.05, 0) is 37.3 Å². The quantitative estimate of drug-likeness (QED) is 0.465. The Kier molecular flexibility index (Phi) is 7.67. The van der Waals surface area contributed by atoms with Crippen molar-refractivity contribution in [3.63, 3.8) is 0 Å². The van der Waals surface area contributed by atoms with Crippen LogP contribution in [0.2, 0.25) is 10.0 Å². The lowest BCUT2D eigenvalue weighted by Crippen LogP contribution is -3.13. The number of rotatable bonds is 6. The second-order valence-electron chi connectivity index (χ2n) is 8.05. The topological polar surface area (TPSA) is 110 Å². The van der Waals surface area contributed by atoms with E-state index in [9.17, 15) is 18.0 Å². The molecule has 2 N–H and O–H groups in total. The predicted octanol–water partition coefficient (Wildman–Crippen LogP) is 2.76. The zero-order valence-corrected chi connectivity index (χ0v) is 21.2. The molecule has 0 radical (unpaired) electrons. The number of hydrogen-bond acceptors (Lipinski definition) is 6. The lowest BCUT2D eigenvalue weighted by molar-refractivity contribution is -0.917. The largest absolute Gasteiger partial charge is 0.450 e. The van der Waals surface area contributed by atoms with Crippen molar-refractivity contribution in [2.24, 2.45) is 0 Å². The van der Waals surface area contributed by atoms with Crippen molar-refractivity contribution in [1.82, 2.24) is 4.31 Å². The van der Waals surface area contributed by atoms with E-state index in [-0.39, 0.29) is 16.5 Å². The molecule has 1 aliphatic heterocycles. The third-order valence-electron chi connectivity index (χ3n) is 5.73. The molecule has 0 bridgehead atoms. The van der Waals surface area contributed by atoms with Crippen LogP contribution in [-0.2, 0) is 21.3 Å². The molecule has 12 heteroatoms. The molecule has 0 aliphatic carbocycles. The fourth-order valence-corrected chi connectivity index (χ4v) is 6.22. The van der Waals surface area contributed by atoms with Crippen molar-refractivity contribution >= 4 is 56.0 Å². The van der Waals surface area contributed by atoms with E-state index in [4.69, 9.17) is 32.4 Å². The minimum absolute atomic E-state index is 0.00555. The lowest BCUT2D eigenvalue weighted by atomic mass is 10.1. The first-order chi connectivity index (χ1) is 16.7. The Hall–Kier alpha value is -2.63. The van der Waals surface area contributed by atoms with Gasteiger partial charge in [0.1, 0.15) is 17.0 Å². The summed E-state index contributed by atoms with van der Waals surface area (Å²) in [6.07, 6.45) is -0.596. The Morgan fingerprint density at radius 2 is 1.89 bits per heavy atom. The van der Waals surface area contributed by atoms with Gasteiger partial charge in [-0.1, -0.05) is 23.2 Å². The predicted molar refractivity (Wildman–Crippen MR) is 133 cm³/mol. The highest BCUT2D eigenvalue weighted by Gasteiger charge is 2.32. The Morgan fingerprint density at radius 1 is 1.14 bits per heavy atom. The molecule has 1 fully saturated rings. The molecular formula is C23H24Cl2N3O6S+. The third-order valence-corrected chi connectivity index (χ3v) is 8.35. The zero-order chi connectivity index (χ0) is 25.2. The van der Waals surface area contributed by atoms with Gasteiger partial charge in [-0.25, -0.2) is 18.0 Å². The lowest BCUT2D eigenvalue weighted by Gasteiger charge is -2.31. The summed E-state index contributed by atoms with van der Waals surface area (Å²) in [5.74, 6) is 0. The van der Waals surface area contributed by atoms with Crippen LogP contribution >= 0.6 is 23.2 Å². The van der Waals surface area contributed by atoms with Crippen LogP contribution in [0.4, 0.5) is 10.5 Å². The molecule has 4 rings (SSSR count). The molecule has 0 saturated carbocycles. The van der Waals surface area contributed by atoms with Crippen molar-refractivity contribution in [3.8, 4) is 0 Å². The zero-order valence-electron chi connectivity index (χ0n) is 18.8. The van der Waals surface area contributed by atoms with Gasteiger partial charge in [0.05, 0.1) is 37.8 Å². The molecule has 0 spiro atoms. The van der Waals surface area contributed by atoms with E-state index >= 15 is 0 Å². The molecule has 1 aliphatic rings. The van der Waals surface area contributed by atoms with E-state index in [0.717, 1.165) is 15.8 Å². The van der Waals surface area contributed by atoms with Gasteiger partial charge in [0.25, 0.3) is 0 Å². The van der Waals surface area contributed by atoms with Crippen molar-refractivity contribution in [2.75, 3.05) is 38.1 Å². The first-order valence-corrected chi connectivity index (χ1v) is 13.2. The molecule has 0 atom stereocenters. The summed E-state index contributed by atoms with van der Waals surface area (Å²) < 4.78 is 37.8. The Balaban J connectivity index is 1.48. The van der Waals surface area contributed by atoms with Crippen LogP contribution in [0.5, 0.6) is 0 Å². The van der Waals surface area contributed by atoms with Gasteiger partial charge in [-0.3, -0.25) is 5.32 Å². The van der Waals surface area contributed by atoms with E-state index in [1.165, 1.54) is 22.5 Å². The SMILES string of the molecule is CCOC(=O)Nc1ccc2c(C[NH+]3CCN(S(=O)(=O)c4cc(Cl)ccc4Cl)CC3)cc(=O)oc2c1. The summed E-state index contributed by atoms with van der Waals surface area (Å²) in [6.45, 7) is 4.14. The minimum atomic E-state index is -3.78. The van der Waals surface area contributed by atoms with Crippen LogP contribution in [0, 0.1) is 0 Å². The highest BCUT2D eigenvalue weighted by atomic mass is 35.5. The number of halogens is 2. The average Bonchev–Trinajstić information content (AvgIpc) is 2.80. The first-order valence-electron chi connectivity index (χ1n) is 11.0. The molecule has 186 valence electrons. The average molecular weight is 541 g/mol. The summed E-state index contributed by atoms with van der Waals surface area (Å²) in [4.78, 5) is 25.0. The number of hydrogen-bond donors (Lipinski definition) is 2. The number of piperazine rings is 1. The summed E-state index contributed by atoms with van der Waals surface area (Å²) in [5.41, 5.74) is 1.07. The Bertz CT molecular complexity index is 1420. The normalized spacial score (nSPS) is 15.3. The maximum atomic E-state index is 13.1. The molecule has 0 unspecified atom stereocenters. The van der Waals surface area contributed by atoms with Crippen molar-refractivity contribution in [2.45, 2.75) is 18.4 Å². The second kappa shape index (κ2) is 10.5. The number of benzene rings is 2. The van der Waals surface area contributed by atoms with Gasteiger partial charge in [0, 0.05) is 33.8 Å². The van der Waals surface area contributed by atoms with Gasteiger partial charge in [0.15, 0.2) is 0 Å². The highest BCUT2D eigenvalue weighted by molar-refractivity contribution is 7.89. The number of carbonyl (C=O) groups excluding carboxylic acids is 1. The van der Waals surface area contributed by atoms with Crippen molar-refractivity contribution in [1.29, 1.82) is 0 Å². The number of amides is 1. The summed E-state index contributed by atoms with van der Waals surface area (Å²) in [6, 6.07) is 10.9. The number of carbonyl (C=O) groups is 1. The Labute approximate surface area is 212 Å². The standard InChI is InChI=1S/C23H23Cl2N3O6S/c1-2-33-23(30)26-17-4-5-18-15(11-22(29)34-20(18)13-17)14-27-7-9-28(10-8-27)35(31,32)21-12-16(24)3-6-19(21)25/h3-6,11-13H,2,7-10,14H2,1H3,(H,26,30)/p+1. The van der Waals surface area contributed by atoms with Crippen LogP contribution in [-0.4, -0.2) is 51.6 Å². The van der Waals surface area contributed by atoms with E-state index in [1.54, 1.807) is 31.2 Å². The van der Waals surface area contributed by atoms with Gasteiger partial charge >= 0.3 is 11.7 Å². The first kappa shape index (κ1) is 25.5. The summed E-state index contributed by atoms with van der Waals surface area (Å²) >= 11 is 12.1. The number of sulfonamides is 1. The summed E-state index contributed by atoms with van der Waals surface area (Å²) in [5, 5.41) is 3.76. The number of anilines is 1. The fourth-order valence-electron chi connectivity index (χ4n) is 4.04. The number of ether oxygens (including phenoxy) is 1. The van der Waals surface area contributed by atoms with Crippen molar-refractivity contribution < 1.29 is 27.3 Å². The van der Waals surface area contributed by atoms with Crippen molar-refractivity contribution in [3.05, 3.63) is 68.5 Å². The second-order valence-corrected chi connectivity index (χ2v) is 10.8. The van der Waals surface area contributed by atoms with Crippen LogP contribution in [0.3, 0.4) is 0 Å². The van der Waals surface area contributed by atoms with Gasteiger partial charge in [-0.2, -0.15) is 4.31 Å². The monoisotopic (exact) mass is 540 g/mol. The molecule has 2 heterocycles. The molecular weight excluding hydrogens is 517 g/mol. The smallest absolute Gasteiger partial charge is 0.411 e. The third kappa shape index (κ3) is 5.79. The summed E-state index contributed by atoms with van der Waals surface area (Å²) in [7, 11) is -3.78. The van der Waals surface area contributed by atoms with Gasteiger partial charge in [0.2, 0.25) is 10.0 Å². The van der Waals surface area contributed by atoms with E-state index in [1.807, 2.05) is 0 Å². The molecule has 1 aromatic heterocycles. The number of nitrogens with zero attached hydrogens (tertiary/aromatic N) is 1. The highest BCUT2D eigenvalue weighted by Crippen LogP contribution is 2.28. The Morgan fingerprint density at radius 3 is 2.60 bits per heavy atom. The number of quaternary nitrogens is 1. The molecule has 1 amide bonds. The van der Waals surface area contributed by atoms with Gasteiger partial charge < -0.3 is 14.1 Å².